The van der Waals surface area contributed by atoms with E-state index in [4.69, 9.17) is 9.47 Å². The predicted octanol–water partition coefficient (Wildman–Crippen LogP) is 3.01. The largest absolute Gasteiger partial charge is 0.494 e. The van der Waals surface area contributed by atoms with Crippen molar-refractivity contribution in [1.29, 1.82) is 0 Å². The molecule has 1 aromatic rings. The van der Waals surface area contributed by atoms with Crippen LogP contribution in [0.15, 0.2) is 24.3 Å². The number of carbonyl (C=O) groups is 2. The number of nitrogens with zero attached hydrogens (tertiary/aromatic N) is 1. The summed E-state index contributed by atoms with van der Waals surface area (Å²) in [6.45, 7) is 7.96. The quantitative estimate of drug-likeness (QED) is 0.719. The SMILES string of the molecule is CCOc1ccc(OCC(=O)N2CCC(NC(=O)C(CC)CC)CC2)cc1. The zero-order valence-electron chi connectivity index (χ0n) is 16.7. The standard InChI is InChI=1S/C21H32N2O4/c1-4-16(5-2)21(25)22-17-11-13-23(14-12-17)20(24)15-27-19-9-7-18(8-10-19)26-6-3/h7-10,16-17H,4-6,11-15H2,1-3H3,(H,22,25). The molecule has 1 saturated heterocycles. The van der Waals surface area contributed by atoms with Gasteiger partial charge in [0.15, 0.2) is 6.61 Å². The Kier molecular flexibility index (Phi) is 8.43. The van der Waals surface area contributed by atoms with Crippen molar-refractivity contribution >= 4 is 11.8 Å². The maximum atomic E-state index is 12.4. The third kappa shape index (κ3) is 6.45. The van der Waals surface area contributed by atoms with Gasteiger partial charge in [-0.3, -0.25) is 9.59 Å². The summed E-state index contributed by atoms with van der Waals surface area (Å²) in [6.07, 6.45) is 3.31. The second kappa shape index (κ2) is 10.8. The number of piperidine rings is 1. The second-order valence-electron chi connectivity index (χ2n) is 6.87. The highest BCUT2D eigenvalue weighted by atomic mass is 16.5. The van der Waals surface area contributed by atoms with E-state index in [1.165, 1.54) is 0 Å². The maximum Gasteiger partial charge on any atom is 0.260 e. The molecule has 6 heteroatoms. The van der Waals surface area contributed by atoms with Crippen molar-refractivity contribution in [3.63, 3.8) is 0 Å². The third-order valence-electron chi connectivity index (χ3n) is 5.05. The minimum atomic E-state index is -0.0198. The molecule has 1 aromatic carbocycles. The number of likely N-dealkylation sites (tertiary alicyclic amines) is 1. The first-order valence-corrected chi connectivity index (χ1v) is 10.0. The number of hydrogen-bond acceptors (Lipinski definition) is 4. The first kappa shape index (κ1) is 21.1. The Hall–Kier alpha value is -2.24. The fraction of sp³-hybridized carbons (Fsp3) is 0.619. The number of carbonyl (C=O) groups excluding carboxylic acids is 2. The van der Waals surface area contributed by atoms with E-state index >= 15 is 0 Å². The number of rotatable bonds is 9. The Labute approximate surface area is 162 Å². The molecule has 0 unspecified atom stereocenters. The summed E-state index contributed by atoms with van der Waals surface area (Å²) in [6, 6.07) is 7.43. The fourth-order valence-corrected chi connectivity index (χ4v) is 3.29. The van der Waals surface area contributed by atoms with Crippen LogP contribution in [-0.2, 0) is 9.59 Å². The van der Waals surface area contributed by atoms with Gasteiger partial charge in [-0.25, -0.2) is 0 Å². The van der Waals surface area contributed by atoms with E-state index in [0.29, 0.717) is 25.4 Å². The molecule has 6 nitrogen and oxygen atoms in total. The zero-order chi connectivity index (χ0) is 19.6. The van der Waals surface area contributed by atoms with Gasteiger partial charge in [-0.15, -0.1) is 0 Å². The number of benzene rings is 1. The number of amides is 2. The molecule has 0 spiro atoms. The predicted molar refractivity (Wildman–Crippen MR) is 105 cm³/mol. The molecular formula is C21H32N2O4. The lowest BCUT2D eigenvalue weighted by Gasteiger charge is -2.33. The Morgan fingerprint density at radius 1 is 1.04 bits per heavy atom. The van der Waals surface area contributed by atoms with Crippen LogP contribution in [0.2, 0.25) is 0 Å². The number of nitrogens with one attached hydrogen (secondary N) is 1. The van der Waals surface area contributed by atoms with Gasteiger partial charge in [0, 0.05) is 25.0 Å². The summed E-state index contributed by atoms with van der Waals surface area (Å²) in [7, 11) is 0. The molecule has 2 amide bonds. The molecule has 1 N–H and O–H groups in total. The third-order valence-corrected chi connectivity index (χ3v) is 5.05. The Bertz CT molecular complexity index is 591. The van der Waals surface area contributed by atoms with Crippen molar-refractivity contribution in [2.45, 2.75) is 52.5 Å². The van der Waals surface area contributed by atoms with Gasteiger partial charge in [0.2, 0.25) is 5.91 Å². The molecule has 0 saturated carbocycles. The topological polar surface area (TPSA) is 67.9 Å². The van der Waals surface area contributed by atoms with Crippen molar-refractivity contribution in [3.8, 4) is 11.5 Å². The van der Waals surface area contributed by atoms with Crippen molar-refractivity contribution in [2.75, 3.05) is 26.3 Å². The molecule has 1 heterocycles. The Morgan fingerprint density at radius 2 is 1.59 bits per heavy atom. The average molecular weight is 376 g/mol. The van der Waals surface area contributed by atoms with Crippen molar-refractivity contribution < 1.29 is 19.1 Å². The highest BCUT2D eigenvalue weighted by Crippen LogP contribution is 2.18. The molecule has 150 valence electrons. The van der Waals surface area contributed by atoms with Gasteiger partial charge in [-0.05, 0) is 56.9 Å². The lowest BCUT2D eigenvalue weighted by atomic mass is 10.00. The molecule has 1 aliphatic heterocycles. The van der Waals surface area contributed by atoms with Gasteiger partial charge >= 0.3 is 0 Å². The normalized spacial score (nSPS) is 14.9. The molecule has 0 bridgehead atoms. The van der Waals surface area contributed by atoms with E-state index in [9.17, 15) is 9.59 Å². The van der Waals surface area contributed by atoms with Crippen LogP contribution < -0.4 is 14.8 Å². The summed E-state index contributed by atoms with van der Waals surface area (Å²) in [5.41, 5.74) is 0. The van der Waals surface area contributed by atoms with Gasteiger partial charge in [0.05, 0.1) is 6.61 Å². The van der Waals surface area contributed by atoms with Crippen molar-refractivity contribution in [2.24, 2.45) is 5.92 Å². The molecule has 0 radical (unpaired) electrons. The van der Waals surface area contributed by atoms with E-state index in [0.717, 1.165) is 31.4 Å². The molecule has 0 aliphatic carbocycles. The molecule has 0 aromatic heterocycles. The maximum absolute atomic E-state index is 12.4. The summed E-state index contributed by atoms with van der Waals surface area (Å²) < 4.78 is 11.0. The van der Waals surface area contributed by atoms with Crippen LogP contribution in [0.5, 0.6) is 11.5 Å². The monoisotopic (exact) mass is 376 g/mol. The van der Waals surface area contributed by atoms with E-state index < -0.39 is 0 Å². The summed E-state index contributed by atoms with van der Waals surface area (Å²) in [4.78, 5) is 26.4. The van der Waals surface area contributed by atoms with Crippen LogP contribution in [0.3, 0.4) is 0 Å². The molecule has 2 rings (SSSR count). The molecule has 27 heavy (non-hydrogen) atoms. The summed E-state index contributed by atoms with van der Waals surface area (Å²) in [5.74, 6) is 1.65. The Balaban J connectivity index is 1.72. The van der Waals surface area contributed by atoms with E-state index in [-0.39, 0.29) is 30.4 Å². The van der Waals surface area contributed by atoms with Crippen LogP contribution in [0.4, 0.5) is 0 Å². The lowest BCUT2D eigenvalue weighted by Crippen LogP contribution is -2.48. The number of hydrogen-bond donors (Lipinski definition) is 1. The van der Waals surface area contributed by atoms with Gasteiger partial charge in [-0.1, -0.05) is 13.8 Å². The Morgan fingerprint density at radius 3 is 2.11 bits per heavy atom. The van der Waals surface area contributed by atoms with Crippen molar-refractivity contribution in [3.05, 3.63) is 24.3 Å². The number of ether oxygens (including phenoxy) is 2. The smallest absolute Gasteiger partial charge is 0.260 e. The minimum absolute atomic E-state index is 0.0198. The van der Waals surface area contributed by atoms with Crippen LogP contribution in [0.25, 0.3) is 0 Å². The average Bonchev–Trinajstić information content (AvgIpc) is 2.69. The first-order chi connectivity index (χ1) is 13.1. The first-order valence-electron chi connectivity index (χ1n) is 10.0. The lowest BCUT2D eigenvalue weighted by molar-refractivity contribution is -0.134. The van der Waals surface area contributed by atoms with Gasteiger partial charge < -0.3 is 19.7 Å². The molecule has 1 fully saturated rings. The van der Waals surface area contributed by atoms with Crippen LogP contribution in [0, 0.1) is 5.92 Å². The van der Waals surface area contributed by atoms with Gasteiger partial charge in [0.1, 0.15) is 11.5 Å². The van der Waals surface area contributed by atoms with Gasteiger partial charge in [-0.2, -0.15) is 0 Å². The second-order valence-corrected chi connectivity index (χ2v) is 6.87. The van der Waals surface area contributed by atoms with Gasteiger partial charge in [0.25, 0.3) is 5.91 Å². The zero-order valence-corrected chi connectivity index (χ0v) is 16.7. The highest BCUT2D eigenvalue weighted by Gasteiger charge is 2.25. The van der Waals surface area contributed by atoms with Crippen LogP contribution >= 0.6 is 0 Å². The summed E-state index contributed by atoms with van der Waals surface area (Å²) >= 11 is 0. The fourth-order valence-electron chi connectivity index (χ4n) is 3.29. The minimum Gasteiger partial charge on any atom is -0.494 e. The molecule has 0 atom stereocenters. The van der Waals surface area contributed by atoms with E-state index in [1.807, 2.05) is 37.8 Å². The van der Waals surface area contributed by atoms with E-state index in [2.05, 4.69) is 5.32 Å². The van der Waals surface area contributed by atoms with Crippen molar-refractivity contribution in [1.82, 2.24) is 10.2 Å². The summed E-state index contributed by atoms with van der Waals surface area (Å²) in [5, 5.41) is 3.13. The molecular weight excluding hydrogens is 344 g/mol. The van der Waals surface area contributed by atoms with E-state index in [1.54, 1.807) is 12.1 Å². The van der Waals surface area contributed by atoms with Crippen LogP contribution in [0.1, 0.15) is 46.5 Å². The molecule has 1 aliphatic rings. The highest BCUT2D eigenvalue weighted by molar-refractivity contribution is 5.79. The van der Waals surface area contributed by atoms with Crippen LogP contribution in [-0.4, -0.2) is 49.1 Å².